The second-order valence-corrected chi connectivity index (χ2v) is 5.92. The molecule has 5 heteroatoms. The van der Waals surface area contributed by atoms with Crippen molar-refractivity contribution in [1.29, 1.82) is 0 Å². The Balaban J connectivity index is 1.90. The van der Waals surface area contributed by atoms with Crippen LogP contribution in [0.1, 0.15) is 15.9 Å². The average molecular weight is 431 g/mol. The first-order valence-electron chi connectivity index (χ1n) is 5.79. The number of amides is 1. The third-order valence-electron chi connectivity index (χ3n) is 2.64. The predicted molar refractivity (Wildman–Crippen MR) is 87.1 cm³/mol. The van der Waals surface area contributed by atoms with Gasteiger partial charge >= 0.3 is 0 Å². The van der Waals surface area contributed by atoms with Gasteiger partial charge in [0.05, 0.1) is 5.56 Å². The van der Waals surface area contributed by atoms with Crippen LogP contribution >= 0.6 is 38.5 Å². The Kier molecular flexibility index (Phi) is 5.33. The van der Waals surface area contributed by atoms with Crippen LogP contribution in [0.5, 0.6) is 0 Å². The predicted octanol–water partition coefficient (Wildman–Crippen LogP) is 3.42. The number of nitrogens with zero attached hydrogens (tertiary/aromatic N) is 1. The van der Waals surface area contributed by atoms with Crippen molar-refractivity contribution in [2.75, 3.05) is 6.54 Å². The highest BCUT2D eigenvalue weighted by Crippen LogP contribution is 2.23. The van der Waals surface area contributed by atoms with E-state index < -0.39 is 0 Å². The number of carbonyl (C=O) groups excluding carboxylic acids is 1. The van der Waals surface area contributed by atoms with Crippen LogP contribution in [0.4, 0.5) is 0 Å². The van der Waals surface area contributed by atoms with Crippen LogP contribution in [0.2, 0.25) is 0 Å². The number of carbonyl (C=O) groups is 1. The van der Waals surface area contributed by atoms with E-state index in [1.165, 1.54) is 9.13 Å². The number of benzene rings is 1. The molecule has 0 spiro atoms. The number of hydrogen-bond donors (Lipinski definition) is 1. The molecule has 3 nitrogen and oxygen atoms in total. The molecule has 0 atom stereocenters. The first kappa shape index (κ1) is 14.5. The Morgan fingerprint density at radius 2 is 2.16 bits per heavy atom. The molecule has 0 saturated carbocycles. The van der Waals surface area contributed by atoms with E-state index in [1.54, 1.807) is 24.5 Å². The molecule has 0 aliphatic carbocycles. The Labute approximate surface area is 134 Å². The molecular formula is C14H12BrIN2O. The minimum atomic E-state index is -0.0881. The molecule has 2 rings (SSSR count). The summed E-state index contributed by atoms with van der Waals surface area (Å²) >= 11 is 5.84. The van der Waals surface area contributed by atoms with Crippen LogP contribution in [0.3, 0.4) is 0 Å². The Morgan fingerprint density at radius 1 is 1.32 bits per heavy atom. The normalized spacial score (nSPS) is 10.2. The topological polar surface area (TPSA) is 42.0 Å². The van der Waals surface area contributed by atoms with Gasteiger partial charge in [0.2, 0.25) is 0 Å². The molecule has 0 saturated heterocycles. The van der Waals surface area contributed by atoms with E-state index in [0.717, 1.165) is 10.9 Å². The summed E-state index contributed by atoms with van der Waals surface area (Å²) < 4.78 is 2.28. The SMILES string of the molecule is O=C(NCCc1cccc(I)c1Br)c1cccnc1. The van der Waals surface area contributed by atoms with Gasteiger partial charge in [-0.25, -0.2) is 0 Å². The van der Waals surface area contributed by atoms with E-state index in [9.17, 15) is 4.79 Å². The molecule has 1 N–H and O–H groups in total. The van der Waals surface area contributed by atoms with Gasteiger partial charge in [0.25, 0.3) is 5.91 Å². The van der Waals surface area contributed by atoms with Crippen molar-refractivity contribution < 1.29 is 4.79 Å². The maximum atomic E-state index is 11.8. The molecule has 0 aliphatic heterocycles. The molecule has 1 aromatic carbocycles. The zero-order chi connectivity index (χ0) is 13.7. The first-order chi connectivity index (χ1) is 9.18. The van der Waals surface area contributed by atoms with Crippen molar-refractivity contribution in [3.63, 3.8) is 0 Å². The van der Waals surface area contributed by atoms with Crippen LogP contribution in [0.15, 0.2) is 47.2 Å². The number of aromatic nitrogens is 1. The third kappa shape index (κ3) is 4.01. The van der Waals surface area contributed by atoms with Crippen molar-refractivity contribution in [3.8, 4) is 0 Å². The van der Waals surface area contributed by atoms with Gasteiger partial charge in [-0.1, -0.05) is 12.1 Å². The van der Waals surface area contributed by atoms with Crippen molar-refractivity contribution in [2.24, 2.45) is 0 Å². The summed E-state index contributed by atoms with van der Waals surface area (Å²) in [5.41, 5.74) is 1.78. The van der Waals surface area contributed by atoms with Gasteiger partial charge in [0.1, 0.15) is 0 Å². The lowest BCUT2D eigenvalue weighted by molar-refractivity contribution is 0.0954. The summed E-state index contributed by atoms with van der Waals surface area (Å²) in [5.74, 6) is -0.0881. The van der Waals surface area contributed by atoms with Crippen molar-refractivity contribution >= 4 is 44.4 Å². The second-order valence-electron chi connectivity index (χ2n) is 3.96. The van der Waals surface area contributed by atoms with Crippen LogP contribution in [-0.2, 0) is 6.42 Å². The fourth-order valence-corrected chi connectivity index (χ4v) is 2.67. The smallest absolute Gasteiger partial charge is 0.252 e. The van der Waals surface area contributed by atoms with E-state index in [1.807, 2.05) is 12.1 Å². The highest BCUT2D eigenvalue weighted by molar-refractivity contribution is 14.1. The van der Waals surface area contributed by atoms with E-state index in [4.69, 9.17) is 0 Å². The van der Waals surface area contributed by atoms with Crippen molar-refractivity contribution in [2.45, 2.75) is 6.42 Å². The fourth-order valence-electron chi connectivity index (χ4n) is 1.65. The van der Waals surface area contributed by atoms with Crippen molar-refractivity contribution in [3.05, 3.63) is 61.9 Å². The van der Waals surface area contributed by atoms with Crippen molar-refractivity contribution in [1.82, 2.24) is 10.3 Å². The highest BCUT2D eigenvalue weighted by atomic mass is 127. The minimum Gasteiger partial charge on any atom is -0.352 e. The standard InChI is InChI=1S/C14H12BrIN2O/c15-13-10(3-1-5-12(13)16)6-8-18-14(19)11-4-2-7-17-9-11/h1-5,7,9H,6,8H2,(H,18,19). The summed E-state index contributed by atoms with van der Waals surface area (Å²) in [5, 5.41) is 2.89. The summed E-state index contributed by atoms with van der Waals surface area (Å²) in [6.07, 6.45) is 4.01. The molecule has 0 unspecified atom stereocenters. The molecule has 1 heterocycles. The highest BCUT2D eigenvalue weighted by Gasteiger charge is 2.06. The van der Waals surface area contributed by atoms with E-state index in [-0.39, 0.29) is 5.91 Å². The average Bonchev–Trinajstić information content (AvgIpc) is 2.44. The van der Waals surface area contributed by atoms with Crippen LogP contribution in [0, 0.1) is 3.57 Å². The minimum absolute atomic E-state index is 0.0881. The quantitative estimate of drug-likeness (QED) is 0.755. The molecule has 0 bridgehead atoms. The molecule has 1 amide bonds. The second kappa shape index (κ2) is 7.00. The van der Waals surface area contributed by atoms with Gasteiger partial charge < -0.3 is 5.32 Å². The molecule has 98 valence electrons. The van der Waals surface area contributed by atoms with E-state index in [2.05, 4.69) is 54.9 Å². The third-order valence-corrected chi connectivity index (χ3v) is 5.21. The monoisotopic (exact) mass is 430 g/mol. The van der Waals surface area contributed by atoms with Gasteiger partial charge in [-0.3, -0.25) is 9.78 Å². The number of nitrogens with one attached hydrogen (secondary N) is 1. The Hall–Kier alpha value is -0.950. The van der Waals surface area contributed by atoms with Crippen LogP contribution in [0.25, 0.3) is 0 Å². The molecule has 0 radical (unpaired) electrons. The van der Waals surface area contributed by atoms with E-state index >= 15 is 0 Å². The molecule has 19 heavy (non-hydrogen) atoms. The molecule has 1 aromatic heterocycles. The molecule has 0 aliphatic rings. The maximum absolute atomic E-state index is 11.8. The summed E-state index contributed by atoms with van der Waals surface area (Å²) in [6.45, 7) is 0.604. The maximum Gasteiger partial charge on any atom is 0.252 e. The van der Waals surface area contributed by atoms with E-state index in [0.29, 0.717) is 12.1 Å². The fraction of sp³-hybridized carbons (Fsp3) is 0.143. The number of pyridine rings is 1. The number of hydrogen-bond acceptors (Lipinski definition) is 2. The largest absolute Gasteiger partial charge is 0.352 e. The Morgan fingerprint density at radius 3 is 2.89 bits per heavy atom. The lowest BCUT2D eigenvalue weighted by atomic mass is 10.1. The lowest BCUT2D eigenvalue weighted by Crippen LogP contribution is -2.25. The van der Waals surface area contributed by atoms with Crippen LogP contribution in [-0.4, -0.2) is 17.4 Å². The molecule has 2 aromatic rings. The lowest BCUT2D eigenvalue weighted by Gasteiger charge is -2.07. The first-order valence-corrected chi connectivity index (χ1v) is 7.67. The molecular weight excluding hydrogens is 419 g/mol. The zero-order valence-electron chi connectivity index (χ0n) is 10.1. The molecule has 0 fully saturated rings. The Bertz CT molecular complexity index is 575. The number of rotatable bonds is 4. The summed E-state index contributed by atoms with van der Waals surface area (Å²) in [6, 6.07) is 9.63. The number of halogens is 2. The van der Waals surface area contributed by atoms with Gasteiger partial charge in [-0.05, 0) is 68.7 Å². The zero-order valence-corrected chi connectivity index (χ0v) is 13.8. The van der Waals surface area contributed by atoms with Gasteiger partial charge in [-0.15, -0.1) is 0 Å². The van der Waals surface area contributed by atoms with Crippen LogP contribution < -0.4 is 5.32 Å². The summed E-state index contributed by atoms with van der Waals surface area (Å²) in [7, 11) is 0. The van der Waals surface area contributed by atoms with Gasteiger partial charge in [0.15, 0.2) is 0 Å². The summed E-state index contributed by atoms with van der Waals surface area (Å²) in [4.78, 5) is 15.8. The van der Waals surface area contributed by atoms with Gasteiger partial charge in [0, 0.05) is 27.0 Å². The van der Waals surface area contributed by atoms with Gasteiger partial charge in [-0.2, -0.15) is 0 Å².